The average molecular weight is 272 g/mol. The van der Waals surface area contributed by atoms with Crippen molar-refractivity contribution in [1.82, 2.24) is 0 Å². The number of ether oxygens (including phenoxy) is 1. The molecule has 82 valence electrons. The maximum atomic E-state index is 11.3. The third-order valence-electron chi connectivity index (χ3n) is 2.11. The van der Waals surface area contributed by atoms with Crippen LogP contribution in [0.15, 0.2) is 16.6 Å². The molecule has 1 aromatic rings. The van der Waals surface area contributed by atoms with Crippen LogP contribution in [0.5, 0.6) is 0 Å². The molecule has 0 fully saturated rings. The molecule has 0 bridgehead atoms. The minimum absolute atomic E-state index is 0.224. The van der Waals surface area contributed by atoms with Crippen molar-refractivity contribution in [1.29, 1.82) is 0 Å². The summed E-state index contributed by atoms with van der Waals surface area (Å²) < 4.78 is 5.80. The summed E-state index contributed by atoms with van der Waals surface area (Å²) in [6, 6.07) is 3.63. The SMILES string of the molecule is CCOC(=O)Cc1cc(N)cc(Br)c1C. The second-order valence-electron chi connectivity index (χ2n) is 3.27. The Balaban J connectivity index is 2.89. The Kier molecular flexibility index (Phi) is 4.15. The summed E-state index contributed by atoms with van der Waals surface area (Å²) in [4.78, 5) is 11.3. The lowest BCUT2D eigenvalue weighted by atomic mass is 10.1. The standard InChI is InChI=1S/C11H14BrNO2/c1-3-15-11(14)5-8-4-9(13)6-10(12)7(8)2/h4,6H,3,5,13H2,1-2H3. The Labute approximate surface area is 97.7 Å². The van der Waals surface area contributed by atoms with E-state index in [0.29, 0.717) is 12.3 Å². The van der Waals surface area contributed by atoms with Crippen molar-refractivity contribution < 1.29 is 9.53 Å². The highest BCUT2D eigenvalue weighted by Gasteiger charge is 2.09. The average Bonchev–Trinajstić information content (AvgIpc) is 2.13. The number of nitrogen functional groups attached to an aromatic ring is 1. The van der Waals surface area contributed by atoms with Gasteiger partial charge in [-0.3, -0.25) is 4.79 Å². The van der Waals surface area contributed by atoms with Gasteiger partial charge in [0.15, 0.2) is 0 Å². The minimum atomic E-state index is -0.224. The molecule has 0 spiro atoms. The second-order valence-corrected chi connectivity index (χ2v) is 4.12. The number of rotatable bonds is 3. The van der Waals surface area contributed by atoms with Gasteiger partial charge in [0, 0.05) is 10.2 Å². The van der Waals surface area contributed by atoms with E-state index >= 15 is 0 Å². The minimum Gasteiger partial charge on any atom is -0.466 e. The lowest BCUT2D eigenvalue weighted by molar-refractivity contribution is -0.142. The van der Waals surface area contributed by atoms with Crippen LogP contribution >= 0.6 is 15.9 Å². The molecule has 0 aromatic heterocycles. The molecule has 0 saturated carbocycles. The van der Waals surface area contributed by atoms with E-state index in [9.17, 15) is 4.79 Å². The Morgan fingerprint density at radius 3 is 2.80 bits per heavy atom. The Hall–Kier alpha value is -1.03. The largest absolute Gasteiger partial charge is 0.466 e. The fourth-order valence-electron chi connectivity index (χ4n) is 1.31. The lowest BCUT2D eigenvalue weighted by Crippen LogP contribution is -2.09. The Morgan fingerprint density at radius 2 is 2.20 bits per heavy atom. The maximum absolute atomic E-state index is 11.3. The van der Waals surface area contributed by atoms with Crippen LogP contribution in [0.2, 0.25) is 0 Å². The molecule has 0 amide bonds. The molecule has 1 rings (SSSR count). The molecule has 0 unspecified atom stereocenters. The molecule has 4 heteroatoms. The van der Waals surface area contributed by atoms with Gasteiger partial charge in [-0.15, -0.1) is 0 Å². The molecule has 0 aliphatic rings. The summed E-state index contributed by atoms with van der Waals surface area (Å²) in [6.45, 7) is 4.14. The van der Waals surface area contributed by atoms with Gasteiger partial charge >= 0.3 is 5.97 Å². The molecule has 15 heavy (non-hydrogen) atoms. The van der Waals surface area contributed by atoms with Crippen molar-refractivity contribution in [3.05, 3.63) is 27.7 Å². The van der Waals surface area contributed by atoms with Crippen LogP contribution in [0.4, 0.5) is 5.69 Å². The molecule has 0 aliphatic heterocycles. The normalized spacial score (nSPS) is 10.1. The van der Waals surface area contributed by atoms with Crippen LogP contribution in [0, 0.1) is 6.92 Å². The molecule has 0 saturated heterocycles. The first-order valence-corrected chi connectivity index (χ1v) is 5.54. The number of benzene rings is 1. The third kappa shape index (κ3) is 3.23. The van der Waals surface area contributed by atoms with Crippen molar-refractivity contribution >= 4 is 27.6 Å². The summed E-state index contributed by atoms with van der Waals surface area (Å²) in [5.41, 5.74) is 8.27. The predicted octanol–water partition coefficient (Wildman–Crippen LogP) is 2.45. The van der Waals surface area contributed by atoms with E-state index < -0.39 is 0 Å². The van der Waals surface area contributed by atoms with Crippen LogP contribution in [-0.4, -0.2) is 12.6 Å². The van der Waals surface area contributed by atoms with Crippen molar-refractivity contribution in [3.8, 4) is 0 Å². The van der Waals surface area contributed by atoms with Gasteiger partial charge in [0.25, 0.3) is 0 Å². The van der Waals surface area contributed by atoms with Crippen molar-refractivity contribution in [2.75, 3.05) is 12.3 Å². The van der Waals surface area contributed by atoms with Crippen LogP contribution in [0.1, 0.15) is 18.1 Å². The van der Waals surface area contributed by atoms with E-state index in [2.05, 4.69) is 15.9 Å². The van der Waals surface area contributed by atoms with Crippen LogP contribution in [-0.2, 0) is 16.0 Å². The summed E-state index contributed by atoms with van der Waals surface area (Å²) in [6.07, 6.45) is 0.267. The van der Waals surface area contributed by atoms with E-state index in [0.717, 1.165) is 15.6 Å². The quantitative estimate of drug-likeness (QED) is 0.679. The highest BCUT2D eigenvalue weighted by molar-refractivity contribution is 9.10. The van der Waals surface area contributed by atoms with Crippen molar-refractivity contribution in [3.63, 3.8) is 0 Å². The number of carbonyl (C=O) groups is 1. The first-order chi connectivity index (χ1) is 7.04. The zero-order chi connectivity index (χ0) is 11.4. The number of esters is 1. The van der Waals surface area contributed by atoms with Gasteiger partial charge in [-0.1, -0.05) is 15.9 Å². The molecule has 0 atom stereocenters. The number of halogens is 1. The van der Waals surface area contributed by atoms with E-state index in [4.69, 9.17) is 10.5 Å². The Bertz CT molecular complexity index is 377. The topological polar surface area (TPSA) is 52.3 Å². The van der Waals surface area contributed by atoms with Gasteiger partial charge in [-0.2, -0.15) is 0 Å². The first kappa shape index (κ1) is 12.0. The van der Waals surface area contributed by atoms with E-state index in [1.54, 1.807) is 13.0 Å². The number of carbonyl (C=O) groups excluding carboxylic acids is 1. The molecule has 0 aliphatic carbocycles. The number of nitrogens with two attached hydrogens (primary N) is 1. The van der Waals surface area contributed by atoms with Crippen LogP contribution in [0.3, 0.4) is 0 Å². The van der Waals surface area contributed by atoms with E-state index in [-0.39, 0.29) is 12.4 Å². The van der Waals surface area contributed by atoms with E-state index in [1.165, 1.54) is 0 Å². The van der Waals surface area contributed by atoms with Crippen LogP contribution < -0.4 is 5.73 Å². The van der Waals surface area contributed by atoms with E-state index in [1.807, 2.05) is 13.0 Å². The second kappa shape index (κ2) is 5.16. The summed E-state index contributed by atoms with van der Waals surface area (Å²) >= 11 is 3.39. The summed E-state index contributed by atoms with van der Waals surface area (Å²) in [7, 11) is 0. The van der Waals surface area contributed by atoms with Crippen molar-refractivity contribution in [2.24, 2.45) is 0 Å². The number of hydrogen-bond donors (Lipinski definition) is 1. The zero-order valence-corrected chi connectivity index (χ0v) is 10.4. The summed E-state index contributed by atoms with van der Waals surface area (Å²) in [5, 5.41) is 0. The van der Waals surface area contributed by atoms with Gasteiger partial charge in [0.05, 0.1) is 13.0 Å². The third-order valence-corrected chi connectivity index (χ3v) is 2.94. The van der Waals surface area contributed by atoms with Gasteiger partial charge in [0.1, 0.15) is 0 Å². The molecular formula is C11H14BrNO2. The van der Waals surface area contributed by atoms with Gasteiger partial charge in [0.2, 0.25) is 0 Å². The molecular weight excluding hydrogens is 258 g/mol. The number of anilines is 1. The van der Waals surface area contributed by atoms with Gasteiger partial charge in [-0.25, -0.2) is 0 Å². The lowest BCUT2D eigenvalue weighted by Gasteiger charge is -2.08. The molecule has 0 heterocycles. The molecule has 1 aromatic carbocycles. The Morgan fingerprint density at radius 1 is 1.53 bits per heavy atom. The predicted molar refractivity (Wildman–Crippen MR) is 63.6 cm³/mol. The summed E-state index contributed by atoms with van der Waals surface area (Å²) in [5.74, 6) is -0.224. The molecule has 0 radical (unpaired) electrons. The van der Waals surface area contributed by atoms with Crippen molar-refractivity contribution in [2.45, 2.75) is 20.3 Å². The number of hydrogen-bond acceptors (Lipinski definition) is 3. The monoisotopic (exact) mass is 271 g/mol. The molecule has 3 nitrogen and oxygen atoms in total. The fraction of sp³-hybridized carbons (Fsp3) is 0.364. The maximum Gasteiger partial charge on any atom is 0.310 e. The smallest absolute Gasteiger partial charge is 0.310 e. The molecule has 2 N–H and O–H groups in total. The van der Waals surface area contributed by atoms with Gasteiger partial charge < -0.3 is 10.5 Å². The highest BCUT2D eigenvalue weighted by Crippen LogP contribution is 2.24. The highest BCUT2D eigenvalue weighted by atomic mass is 79.9. The van der Waals surface area contributed by atoms with Crippen LogP contribution in [0.25, 0.3) is 0 Å². The fourth-order valence-corrected chi connectivity index (χ4v) is 1.83. The van der Waals surface area contributed by atoms with Gasteiger partial charge in [-0.05, 0) is 37.1 Å². The zero-order valence-electron chi connectivity index (χ0n) is 8.84. The first-order valence-electron chi connectivity index (χ1n) is 4.74.